The molecule has 0 spiro atoms. The first-order valence-electron chi connectivity index (χ1n) is 6.08. The van der Waals surface area contributed by atoms with Crippen LogP contribution in [0, 0.1) is 5.92 Å². The number of hydrogen-bond acceptors (Lipinski definition) is 2. The maximum atomic E-state index is 12.3. The second-order valence-electron chi connectivity index (χ2n) is 4.64. The monoisotopic (exact) mass is 374 g/mol. The molecule has 1 aromatic carbocycles. The van der Waals surface area contributed by atoms with E-state index in [9.17, 15) is 4.79 Å². The van der Waals surface area contributed by atoms with Crippen LogP contribution in [0.4, 0.5) is 5.69 Å². The van der Waals surface area contributed by atoms with Gasteiger partial charge < -0.3 is 10.6 Å². The van der Waals surface area contributed by atoms with Gasteiger partial charge in [0.2, 0.25) is 5.91 Å². The molecule has 1 aliphatic heterocycles. The molecule has 1 aromatic rings. The lowest BCUT2D eigenvalue weighted by Crippen LogP contribution is -2.48. The van der Waals surface area contributed by atoms with Crippen LogP contribution < -0.4 is 10.6 Å². The van der Waals surface area contributed by atoms with E-state index in [2.05, 4.69) is 49.4 Å². The van der Waals surface area contributed by atoms with Crippen LogP contribution in [-0.4, -0.2) is 18.5 Å². The van der Waals surface area contributed by atoms with E-state index < -0.39 is 0 Å². The van der Waals surface area contributed by atoms with Crippen LogP contribution in [0.5, 0.6) is 0 Å². The number of nitrogens with one attached hydrogen (secondary N) is 2. The van der Waals surface area contributed by atoms with Gasteiger partial charge in [0, 0.05) is 8.95 Å². The maximum Gasteiger partial charge on any atom is 0.241 e. The molecule has 2 rings (SSSR count). The predicted molar refractivity (Wildman–Crippen MR) is 80.7 cm³/mol. The van der Waals surface area contributed by atoms with Gasteiger partial charge >= 0.3 is 0 Å². The van der Waals surface area contributed by atoms with E-state index in [1.165, 1.54) is 0 Å². The molecule has 2 N–H and O–H groups in total. The van der Waals surface area contributed by atoms with Crippen LogP contribution in [0.2, 0.25) is 0 Å². The molecular weight excluding hydrogens is 360 g/mol. The molecule has 2 unspecified atom stereocenters. The molecule has 18 heavy (non-hydrogen) atoms. The fourth-order valence-electron chi connectivity index (χ4n) is 2.22. The molecule has 2 atom stereocenters. The lowest BCUT2D eigenvalue weighted by atomic mass is 9.92. The Morgan fingerprint density at radius 1 is 1.39 bits per heavy atom. The predicted octanol–water partition coefficient (Wildman–Crippen LogP) is 3.54. The molecule has 98 valence electrons. The van der Waals surface area contributed by atoms with Gasteiger partial charge in [0.1, 0.15) is 0 Å². The van der Waals surface area contributed by atoms with Crippen LogP contribution in [0.15, 0.2) is 27.1 Å². The van der Waals surface area contributed by atoms with Crippen LogP contribution in [0.1, 0.15) is 19.8 Å². The molecule has 1 saturated heterocycles. The van der Waals surface area contributed by atoms with Crippen molar-refractivity contribution in [2.45, 2.75) is 25.8 Å². The molecule has 0 aromatic heterocycles. The molecule has 1 amide bonds. The van der Waals surface area contributed by atoms with E-state index in [0.29, 0.717) is 5.92 Å². The van der Waals surface area contributed by atoms with Gasteiger partial charge in [0.05, 0.1) is 11.7 Å². The number of anilines is 1. The van der Waals surface area contributed by atoms with Crippen molar-refractivity contribution >= 4 is 43.5 Å². The lowest BCUT2D eigenvalue weighted by Gasteiger charge is -2.29. The number of rotatable bonds is 2. The molecule has 3 nitrogen and oxygen atoms in total. The summed E-state index contributed by atoms with van der Waals surface area (Å²) >= 11 is 6.90. The number of hydrogen-bond donors (Lipinski definition) is 2. The zero-order valence-electron chi connectivity index (χ0n) is 10.2. The highest BCUT2D eigenvalue weighted by Gasteiger charge is 2.27. The average Bonchev–Trinajstić information content (AvgIpc) is 2.34. The number of para-hydroxylation sites is 1. The van der Waals surface area contributed by atoms with E-state index in [4.69, 9.17) is 0 Å². The van der Waals surface area contributed by atoms with Gasteiger partial charge in [-0.2, -0.15) is 0 Å². The third kappa shape index (κ3) is 3.13. The van der Waals surface area contributed by atoms with Gasteiger partial charge in [-0.3, -0.25) is 4.79 Å². The molecule has 0 saturated carbocycles. The quantitative estimate of drug-likeness (QED) is 0.829. The van der Waals surface area contributed by atoms with Crippen molar-refractivity contribution in [3.8, 4) is 0 Å². The fraction of sp³-hybridized carbons (Fsp3) is 0.462. The Morgan fingerprint density at radius 2 is 2.06 bits per heavy atom. The summed E-state index contributed by atoms with van der Waals surface area (Å²) in [7, 11) is 0. The summed E-state index contributed by atoms with van der Waals surface area (Å²) in [5.74, 6) is 0.412. The third-order valence-corrected chi connectivity index (χ3v) is 4.58. The largest absolute Gasteiger partial charge is 0.323 e. The van der Waals surface area contributed by atoms with Gasteiger partial charge in [-0.15, -0.1) is 0 Å². The number of carbonyl (C=O) groups is 1. The first kappa shape index (κ1) is 14.0. The molecular formula is C13H16Br2N2O. The minimum atomic E-state index is -0.0993. The highest BCUT2D eigenvalue weighted by molar-refractivity contribution is 9.11. The Morgan fingerprint density at radius 3 is 2.67 bits per heavy atom. The van der Waals surface area contributed by atoms with Gasteiger partial charge in [0.25, 0.3) is 0 Å². The lowest BCUT2D eigenvalue weighted by molar-refractivity contribution is -0.119. The zero-order chi connectivity index (χ0) is 13.1. The van der Waals surface area contributed by atoms with Crippen molar-refractivity contribution in [1.82, 2.24) is 5.32 Å². The van der Waals surface area contributed by atoms with E-state index in [0.717, 1.165) is 34.0 Å². The van der Waals surface area contributed by atoms with Crippen molar-refractivity contribution in [2.24, 2.45) is 5.92 Å². The van der Waals surface area contributed by atoms with Crippen LogP contribution in [-0.2, 0) is 4.79 Å². The number of carbonyl (C=O) groups excluding carboxylic acids is 1. The third-order valence-electron chi connectivity index (χ3n) is 3.26. The zero-order valence-corrected chi connectivity index (χ0v) is 13.3. The SMILES string of the molecule is CC1CCCNC1C(=O)Nc1c(Br)cccc1Br. The normalized spacial score (nSPS) is 23.7. The molecule has 0 radical (unpaired) electrons. The van der Waals surface area contributed by atoms with Gasteiger partial charge in [-0.05, 0) is 69.3 Å². The van der Waals surface area contributed by atoms with Crippen molar-refractivity contribution < 1.29 is 4.79 Å². The molecule has 0 aliphatic carbocycles. The van der Waals surface area contributed by atoms with Gasteiger partial charge in [-0.1, -0.05) is 13.0 Å². The molecule has 5 heteroatoms. The summed E-state index contributed by atoms with van der Waals surface area (Å²) in [6, 6.07) is 5.65. The van der Waals surface area contributed by atoms with Crippen molar-refractivity contribution in [3.05, 3.63) is 27.1 Å². The Balaban J connectivity index is 2.11. The van der Waals surface area contributed by atoms with E-state index in [1.807, 2.05) is 18.2 Å². The van der Waals surface area contributed by atoms with Crippen molar-refractivity contribution in [1.29, 1.82) is 0 Å². The van der Waals surface area contributed by atoms with E-state index in [1.54, 1.807) is 0 Å². The average molecular weight is 376 g/mol. The summed E-state index contributed by atoms with van der Waals surface area (Å²) in [6.45, 7) is 3.03. The summed E-state index contributed by atoms with van der Waals surface area (Å²) in [6.07, 6.45) is 2.24. The molecule has 1 fully saturated rings. The number of halogens is 2. The maximum absolute atomic E-state index is 12.3. The highest BCUT2D eigenvalue weighted by atomic mass is 79.9. The van der Waals surface area contributed by atoms with E-state index >= 15 is 0 Å². The minimum Gasteiger partial charge on any atom is -0.323 e. The van der Waals surface area contributed by atoms with Gasteiger partial charge in [-0.25, -0.2) is 0 Å². The second kappa shape index (κ2) is 6.17. The van der Waals surface area contributed by atoms with Gasteiger partial charge in [0.15, 0.2) is 0 Å². The summed E-state index contributed by atoms with van der Waals surface area (Å²) in [4.78, 5) is 12.3. The standard InChI is InChI=1S/C13H16Br2N2O/c1-8-4-3-7-16-11(8)13(18)17-12-9(14)5-2-6-10(12)15/h2,5-6,8,11,16H,3-4,7H2,1H3,(H,17,18). The molecule has 1 heterocycles. The minimum absolute atomic E-state index is 0.0369. The second-order valence-corrected chi connectivity index (χ2v) is 6.35. The first-order chi connectivity index (χ1) is 8.59. The Labute approximate surface area is 124 Å². The Bertz CT molecular complexity index is 430. The summed E-state index contributed by atoms with van der Waals surface area (Å²) < 4.78 is 1.77. The van der Waals surface area contributed by atoms with E-state index in [-0.39, 0.29) is 11.9 Å². The Hall–Kier alpha value is -0.390. The van der Waals surface area contributed by atoms with Crippen LogP contribution in [0.25, 0.3) is 0 Å². The fourth-order valence-corrected chi connectivity index (χ4v) is 3.42. The first-order valence-corrected chi connectivity index (χ1v) is 7.66. The number of benzene rings is 1. The number of amides is 1. The summed E-state index contributed by atoms with van der Waals surface area (Å²) in [5.41, 5.74) is 0.794. The highest BCUT2D eigenvalue weighted by Crippen LogP contribution is 2.31. The Kier molecular flexibility index (Phi) is 4.81. The van der Waals surface area contributed by atoms with Crippen LogP contribution in [0.3, 0.4) is 0 Å². The molecule has 0 bridgehead atoms. The van der Waals surface area contributed by atoms with Crippen molar-refractivity contribution in [2.75, 3.05) is 11.9 Å². The molecule has 1 aliphatic rings. The van der Waals surface area contributed by atoms with Crippen LogP contribution >= 0.6 is 31.9 Å². The van der Waals surface area contributed by atoms with Crippen molar-refractivity contribution in [3.63, 3.8) is 0 Å². The number of piperidine rings is 1. The topological polar surface area (TPSA) is 41.1 Å². The summed E-state index contributed by atoms with van der Waals surface area (Å²) in [5, 5.41) is 6.27. The smallest absolute Gasteiger partial charge is 0.241 e.